The van der Waals surface area contributed by atoms with Crippen LogP contribution in [0.25, 0.3) is 0 Å². The average Bonchev–Trinajstić information content (AvgIpc) is 2.83. The van der Waals surface area contributed by atoms with E-state index in [0.29, 0.717) is 22.5 Å². The minimum Gasteiger partial charge on any atom is -0.393 e. The SMILES string of the molecule is CC(=O)OC(=O)CCN1CC(=O)N(C)c2ccc(Nc3ccc(C(=N)N)cc3)cc2C1=O. The number of benzene rings is 2. The highest BCUT2D eigenvalue weighted by Gasteiger charge is 2.30. The summed E-state index contributed by atoms with van der Waals surface area (Å²) in [6, 6.07) is 12.0. The van der Waals surface area contributed by atoms with Crippen molar-refractivity contribution in [1.82, 2.24) is 4.90 Å². The molecular formula is C22H23N5O5. The summed E-state index contributed by atoms with van der Waals surface area (Å²) in [6.07, 6.45) is -0.210. The largest absolute Gasteiger partial charge is 0.393 e. The summed E-state index contributed by atoms with van der Waals surface area (Å²) in [5.74, 6) is -2.25. The lowest BCUT2D eigenvalue weighted by Crippen LogP contribution is -2.39. The number of rotatable bonds is 6. The molecule has 10 heteroatoms. The van der Waals surface area contributed by atoms with E-state index in [9.17, 15) is 19.2 Å². The molecule has 0 bridgehead atoms. The summed E-state index contributed by atoms with van der Waals surface area (Å²) < 4.78 is 4.49. The van der Waals surface area contributed by atoms with Gasteiger partial charge in [0.05, 0.1) is 17.7 Å². The van der Waals surface area contributed by atoms with Crippen molar-refractivity contribution < 1.29 is 23.9 Å². The predicted octanol–water partition coefficient (Wildman–Crippen LogP) is 1.61. The molecule has 1 aliphatic rings. The molecular weight excluding hydrogens is 414 g/mol. The summed E-state index contributed by atoms with van der Waals surface area (Å²) >= 11 is 0. The van der Waals surface area contributed by atoms with Gasteiger partial charge in [-0.3, -0.25) is 24.6 Å². The van der Waals surface area contributed by atoms with Crippen molar-refractivity contribution in [2.75, 3.05) is 30.4 Å². The first-order chi connectivity index (χ1) is 15.2. The Morgan fingerprint density at radius 1 is 1.12 bits per heavy atom. The van der Waals surface area contributed by atoms with Crippen LogP contribution in [0, 0.1) is 5.41 Å². The molecule has 166 valence electrons. The third kappa shape index (κ3) is 5.09. The number of nitrogen functional groups attached to an aromatic ring is 1. The Balaban J connectivity index is 1.83. The van der Waals surface area contributed by atoms with E-state index in [0.717, 1.165) is 12.6 Å². The molecule has 2 amide bonds. The van der Waals surface area contributed by atoms with Gasteiger partial charge in [-0.05, 0) is 42.5 Å². The van der Waals surface area contributed by atoms with Crippen molar-refractivity contribution >= 4 is 46.7 Å². The molecule has 2 aromatic carbocycles. The molecule has 1 heterocycles. The number of anilines is 3. The first-order valence-corrected chi connectivity index (χ1v) is 9.78. The van der Waals surface area contributed by atoms with Gasteiger partial charge in [-0.2, -0.15) is 0 Å². The van der Waals surface area contributed by atoms with Crippen molar-refractivity contribution in [3.63, 3.8) is 0 Å². The summed E-state index contributed by atoms with van der Waals surface area (Å²) in [5.41, 5.74) is 8.15. The molecule has 3 rings (SSSR count). The standard InChI is InChI=1S/C22H23N5O5/c1-13(28)32-20(30)9-10-27-12-19(29)26(2)18-8-7-16(11-17(18)22(27)31)25-15-5-3-14(4-6-15)21(23)24/h3-8,11,25H,9-10,12H2,1-2H3,(H3,23,24). The van der Waals surface area contributed by atoms with Crippen molar-refractivity contribution in [1.29, 1.82) is 5.41 Å². The molecule has 4 N–H and O–H groups in total. The highest BCUT2D eigenvalue weighted by atomic mass is 16.6. The fraction of sp³-hybridized carbons (Fsp3) is 0.227. The number of ether oxygens (including phenoxy) is 1. The average molecular weight is 437 g/mol. The molecule has 0 unspecified atom stereocenters. The van der Waals surface area contributed by atoms with Gasteiger partial charge in [0.2, 0.25) is 5.91 Å². The third-order valence-electron chi connectivity index (χ3n) is 4.90. The first kappa shape index (κ1) is 22.5. The van der Waals surface area contributed by atoms with Gasteiger partial charge in [0.25, 0.3) is 5.91 Å². The fourth-order valence-electron chi connectivity index (χ4n) is 3.24. The highest BCUT2D eigenvalue weighted by molar-refractivity contribution is 6.10. The summed E-state index contributed by atoms with van der Waals surface area (Å²) in [7, 11) is 1.58. The van der Waals surface area contributed by atoms with E-state index >= 15 is 0 Å². The topological polar surface area (TPSA) is 146 Å². The number of amidine groups is 1. The van der Waals surface area contributed by atoms with Gasteiger partial charge in [-0.1, -0.05) is 0 Å². The second-order valence-electron chi connectivity index (χ2n) is 7.24. The second-order valence-corrected chi connectivity index (χ2v) is 7.24. The quantitative estimate of drug-likeness (QED) is 0.269. The maximum Gasteiger partial charge on any atom is 0.315 e. The van der Waals surface area contributed by atoms with E-state index in [2.05, 4.69) is 10.1 Å². The monoisotopic (exact) mass is 437 g/mol. The molecule has 0 fully saturated rings. The Bertz CT molecular complexity index is 1100. The van der Waals surface area contributed by atoms with Crippen molar-refractivity contribution in [2.45, 2.75) is 13.3 Å². The lowest BCUT2D eigenvalue weighted by atomic mass is 10.1. The molecule has 0 saturated carbocycles. The summed E-state index contributed by atoms with van der Waals surface area (Å²) in [5, 5.41) is 10.6. The smallest absolute Gasteiger partial charge is 0.315 e. The lowest BCUT2D eigenvalue weighted by Gasteiger charge is -2.19. The van der Waals surface area contributed by atoms with Crippen molar-refractivity contribution in [2.24, 2.45) is 5.73 Å². The van der Waals surface area contributed by atoms with Crippen LogP contribution >= 0.6 is 0 Å². The van der Waals surface area contributed by atoms with Crippen LogP contribution < -0.4 is 16.0 Å². The number of fused-ring (bicyclic) bond motifs is 1. The van der Waals surface area contributed by atoms with Crippen LogP contribution in [0.2, 0.25) is 0 Å². The van der Waals surface area contributed by atoms with Crippen molar-refractivity contribution in [3.05, 3.63) is 53.6 Å². The molecule has 0 spiro atoms. The molecule has 0 atom stereocenters. The predicted molar refractivity (Wildman–Crippen MR) is 118 cm³/mol. The van der Waals surface area contributed by atoms with Crippen LogP contribution in [0.4, 0.5) is 17.1 Å². The van der Waals surface area contributed by atoms with Crippen LogP contribution in [-0.2, 0) is 19.1 Å². The number of carbonyl (C=O) groups is 4. The normalized spacial score (nSPS) is 13.3. The Labute approximate surface area is 184 Å². The Morgan fingerprint density at radius 2 is 1.78 bits per heavy atom. The zero-order chi connectivity index (χ0) is 23.4. The molecule has 1 aliphatic heterocycles. The van der Waals surface area contributed by atoms with E-state index in [-0.39, 0.29) is 31.3 Å². The number of nitrogens with two attached hydrogens (primary N) is 1. The van der Waals surface area contributed by atoms with Crippen LogP contribution in [-0.4, -0.2) is 54.6 Å². The van der Waals surface area contributed by atoms with E-state index in [1.807, 2.05) is 0 Å². The van der Waals surface area contributed by atoms with Crippen LogP contribution in [0.15, 0.2) is 42.5 Å². The van der Waals surface area contributed by atoms with Gasteiger partial charge in [0.1, 0.15) is 12.4 Å². The molecule has 0 radical (unpaired) electrons. The molecule has 2 aromatic rings. The number of carbonyl (C=O) groups excluding carboxylic acids is 4. The number of hydrogen-bond donors (Lipinski definition) is 3. The Morgan fingerprint density at radius 3 is 2.41 bits per heavy atom. The van der Waals surface area contributed by atoms with Crippen LogP contribution in [0.1, 0.15) is 29.3 Å². The van der Waals surface area contributed by atoms with E-state index in [1.54, 1.807) is 49.5 Å². The number of nitrogens with one attached hydrogen (secondary N) is 2. The van der Waals surface area contributed by atoms with Gasteiger partial charge in [0.15, 0.2) is 0 Å². The van der Waals surface area contributed by atoms with Gasteiger partial charge < -0.3 is 25.6 Å². The number of likely N-dealkylation sites (N-methyl/N-ethyl adjacent to an activating group) is 1. The fourth-order valence-corrected chi connectivity index (χ4v) is 3.24. The van der Waals surface area contributed by atoms with E-state index in [1.165, 1.54) is 9.80 Å². The van der Waals surface area contributed by atoms with Gasteiger partial charge in [0, 0.05) is 37.5 Å². The van der Waals surface area contributed by atoms with E-state index < -0.39 is 17.8 Å². The molecule has 10 nitrogen and oxygen atoms in total. The molecule has 32 heavy (non-hydrogen) atoms. The molecule has 0 aliphatic carbocycles. The maximum absolute atomic E-state index is 13.1. The van der Waals surface area contributed by atoms with E-state index in [4.69, 9.17) is 11.1 Å². The minimum atomic E-state index is -0.764. The Kier molecular flexibility index (Phi) is 6.53. The minimum absolute atomic E-state index is 0.0350. The van der Waals surface area contributed by atoms with Gasteiger partial charge >= 0.3 is 11.9 Å². The lowest BCUT2D eigenvalue weighted by molar-refractivity contribution is -0.158. The number of nitrogens with zero attached hydrogens (tertiary/aromatic N) is 2. The zero-order valence-electron chi connectivity index (χ0n) is 17.7. The number of hydrogen-bond acceptors (Lipinski definition) is 7. The second kappa shape index (κ2) is 9.29. The van der Waals surface area contributed by atoms with Crippen LogP contribution in [0.5, 0.6) is 0 Å². The first-order valence-electron chi connectivity index (χ1n) is 9.78. The van der Waals surface area contributed by atoms with Crippen LogP contribution in [0.3, 0.4) is 0 Å². The third-order valence-corrected chi connectivity index (χ3v) is 4.90. The number of esters is 2. The maximum atomic E-state index is 13.1. The number of amides is 2. The zero-order valence-corrected chi connectivity index (χ0v) is 17.7. The molecule has 0 saturated heterocycles. The van der Waals surface area contributed by atoms with Gasteiger partial charge in [-0.15, -0.1) is 0 Å². The van der Waals surface area contributed by atoms with Gasteiger partial charge in [-0.25, -0.2) is 0 Å². The molecule has 0 aromatic heterocycles. The van der Waals surface area contributed by atoms with Crippen molar-refractivity contribution in [3.8, 4) is 0 Å². The summed E-state index contributed by atoms with van der Waals surface area (Å²) in [4.78, 5) is 51.0. The summed E-state index contributed by atoms with van der Waals surface area (Å²) in [6.45, 7) is 0.854. The Hall–Kier alpha value is -4.21. The highest BCUT2D eigenvalue weighted by Crippen LogP contribution is 2.29.